The van der Waals surface area contributed by atoms with Gasteiger partial charge < -0.3 is 9.84 Å². The summed E-state index contributed by atoms with van der Waals surface area (Å²) in [4.78, 5) is 15.6. The molecular weight excluding hydrogens is 316 g/mol. The molecule has 6 nitrogen and oxygen atoms in total. The smallest absolute Gasteiger partial charge is 0.261 e. The summed E-state index contributed by atoms with van der Waals surface area (Å²) in [5.74, 6) is -0.560. The number of ether oxygens (including phenoxy) is 1. The van der Waals surface area contributed by atoms with Crippen LogP contribution in [-0.4, -0.2) is 40.0 Å². The zero-order valence-corrected chi connectivity index (χ0v) is 13.7. The van der Waals surface area contributed by atoms with Crippen LogP contribution in [0.1, 0.15) is 25.3 Å². The third-order valence-corrected chi connectivity index (χ3v) is 4.06. The van der Waals surface area contributed by atoms with Crippen molar-refractivity contribution in [1.82, 2.24) is 0 Å². The minimum Gasteiger partial charge on any atom is -0.481 e. The SMILES string of the molecule is CC1=NC(C)=C(C(=S)OCCO)C(c2ccccc2)C1[N+](=O)[O-]. The van der Waals surface area contributed by atoms with Crippen molar-refractivity contribution in [2.75, 3.05) is 13.2 Å². The molecule has 2 unspecified atom stereocenters. The van der Waals surface area contributed by atoms with Crippen LogP contribution in [0.25, 0.3) is 0 Å². The maximum absolute atomic E-state index is 11.6. The molecule has 1 aromatic carbocycles. The van der Waals surface area contributed by atoms with Crippen LogP contribution in [0.3, 0.4) is 0 Å². The largest absolute Gasteiger partial charge is 0.481 e. The van der Waals surface area contributed by atoms with Gasteiger partial charge in [0.05, 0.1) is 18.2 Å². The van der Waals surface area contributed by atoms with Gasteiger partial charge in [0.25, 0.3) is 6.04 Å². The maximum Gasteiger partial charge on any atom is 0.261 e. The first-order valence-electron chi connectivity index (χ1n) is 7.19. The molecule has 0 radical (unpaired) electrons. The van der Waals surface area contributed by atoms with Gasteiger partial charge in [-0.15, -0.1) is 0 Å². The highest BCUT2D eigenvalue weighted by atomic mass is 32.1. The molecule has 0 bridgehead atoms. The summed E-state index contributed by atoms with van der Waals surface area (Å²) in [7, 11) is 0. The molecule has 1 aromatic rings. The second-order valence-electron chi connectivity index (χ2n) is 5.23. The number of hydrogen-bond donors (Lipinski definition) is 1. The van der Waals surface area contributed by atoms with Crippen LogP contribution in [0, 0.1) is 10.1 Å². The quantitative estimate of drug-likeness (QED) is 0.508. The van der Waals surface area contributed by atoms with E-state index in [0.717, 1.165) is 5.56 Å². The Labute approximate surface area is 139 Å². The van der Waals surface area contributed by atoms with Crippen molar-refractivity contribution in [3.63, 3.8) is 0 Å². The van der Waals surface area contributed by atoms with E-state index < -0.39 is 12.0 Å². The second kappa shape index (κ2) is 7.43. The molecule has 122 valence electrons. The first-order valence-corrected chi connectivity index (χ1v) is 7.60. The summed E-state index contributed by atoms with van der Waals surface area (Å²) in [6.45, 7) is 3.28. The van der Waals surface area contributed by atoms with E-state index in [1.807, 2.05) is 30.3 Å². The lowest BCUT2D eigenvalue weighted by Crippen LogP contribution is -2.39. The molecular formula is C16H18N2O4S. The molecule has 0 fully saturated rings. The summed E-state index contributed by atoms with van der Waals surface area (Å²) in [6.07, 6.45) is 0. The first-order chi connectivity index (χ1) is 11.0. The van der Waals surface area contributed by atoms with Gasteiger partial charge in [-0.3, -0.25) is 15.1 Å². The van der Waals surface area contributed by atoms with Gasteiger partial charge in [0, 0.05) is 16.2 Å². The summed E-state index contributed by atoms with van der Waals surface area (Å²) < 4.78 is 5.35. The standard InChI is InChI=1S/C16H18N2O4S/c1-10-13(16(23)22-9-8-19)14(12-6-4-3-5-7-12)15(18(20)21)11(2)17-10/h3-7,14-15,19H,8-9H2,1-2H3. The van der Waals surface area contributed by atoms with Crippen molar-refractivity contribution < 1.29 is 14.8 Å². The maximum atomic E-state index is 11.6. The molecule has 1 N–H and O–H groups in total. The number of benzene rings is 1. The molecule has 2 atom stereocenters. The fraction of sp³-hybridized carbons (Fsp3) is 0.375. The lowest BCUT2D eigenvalue weighted by atomic mass is 9.80. The topological polar surface area (TPSA) is 85.0 Å². The molecule has 1 heterocycles. The van der Waals surface area contributed by atoms with Crippen LogP contribution >= 0.6 is 12.2 Å². The van der Waals surface area contributed by atoms with Crippen LogP contribution in [0.4, 0.5) is 0 Å². The highest BCUT2D eigenvalue weighted by molar-refractivity contribution is 7.80. The molecule has 0 aliphatic carbocycles. The molecule has 0 saturated carbocycles. The number of nitro groups is 1. The van der Waals surface area contributed by atoms with Crippen molar-refractivity contribution in [2.24, 2.45) is 4.99 Å². The van der Waals surface area contributed by atoms with Crippen molar-refractivity contribution in [3.8, 4) is 0 Å². The zero-order chi connectivity index (χ0) is 17.0. The van der Waals surface area contributed by atoms with E-state index in [1.54, 1.807) is 13.8 Å². The monoisotopic (exact) mass is 334 g/mol. The molecule has 7 heteroatoms. The lowest BCUT2D eigenvalue weighted by molar-refractivity contribution is -0.505. The van der Waals surface area contributed by atoms with Crippen molar-refractivity contribution in [2.45, 2.75) is 25.8 Å². The molecule has 0 spiro atoms. The predicted octanol–water partition coefficient (Wildman–Crippen LogP) is 2.50. The minimum atomic E-state index is -0.994. The predicted molar refractivity (Wildman–Crippen MR) is 91.4 cm³/mol. The van der Waals surface area contributed by atoms with Crippen LogP contribution in [0.2, 0.25) is 0 Å². The Kier molecular flexibility index (Phi) is 5.57. The molecule has 1 aliphatic rings. The van der Waals surface area contributed by atoms with Crippen molar-refractivity contribution in [3.05, 3.63) is 57.3 Å². The number of rotatable bonds is 5. The Hall–Kier alpha value is -2.12. The van der Waals surface area contributed by atoms with E-state index in [1.165, 1.54) is 0 Å². The van der Waals surface area contributed by atoms with Crippen LogP contribution in [0.5, 0.6) is 0 Å². The Morgan fingerprint density at radius 3 is 2.61 bits per heavy atom. The highest BCUT2D eigenvalue weighted by Gasteiger charge is 2.43. The summed E-state index contributed by atoms with van der Waals surface area (Å²) in [5.41, 5.74) is 2.37. The van der Waals surface area contributed by atoms with Gasteiger partial charge in [-0.2, -0.15) is 0 Å². The molecule has 23 heavy (non-hydrogen) atoms. The average Bonchev–Trinajstić information content (AvgIpc) is 2.52. The van der Waals surface area contributed by atoms with Crippen molar-refractivity contribution in [1.29, 1.82) is 0 Å². The van der Waals surface area contributed by atoms with Gasteiger partial charge in [0.1, 0.15) is 6.61 Å². The molecule has 1 aliphatic heterocycles. The normalized spacial score (nSPS) is 20.9. The van der Waals surface area contributed by atoms with E-state index in [2.05, 4.69) is 4.99 Å². The number of aliphatic hydroxyl groups excluding tert-OH is 1. The summed E-state index contributed by atoms with van der Waals surface area (Å²) >= 11 is 5.29. The van der Waals surface area contributed by atoms with Crippen LogP contribution < -0.4 is 0 Å². The third-order valence-electron chi connectivity index (χ3n) is 3.72. The Morgan fingerprint density at radius 2 is 2.04 bits per heavy atom. The number of aliphatic imine (C=N–C) groups is 1. The lowest BCUT2D eigenvalue weighted by Gasteiger charge is -2.28. The van der Waals surface area contributed by atoms with Gasteiger partial charge in [0.15, 0.2) is 5.05 Å². The third kappa shape index (κ3) is 3.62. The van der Waals surface area contributed by atoms with Crippen LogP contribution in [0.15, 0.2) is 46.6 Å². The van der Waals surface area contributed by atoms with E-state index in [4.69, 9.17) is 22.1 Å². The minimum absolute atomic E-state index is 0.0446. The summed E-state index contributed by atoms with van der Waals surface area (Å²) in [6, 6.07) is 8.19. The molecule has 2 rings (SSSR count). The van der Waals surface area contributed by atoms with Gasteiger partial charge in [-0.1, -0.05) is 30.3 Å². The average molecular weight is 334 g/mol. The Morgan fingerprint density at radius 1 is 1.39 bits per heavy atom. The number of nitrogens with zero attached hydrogens (tertiary/aromatic N) is 2. The van der Waals surface area contributed by atoms with Crippen molar-refractivity contribution >= 4 is 23.0 Å². The van der Waals surface area contributed by atoms with Gasteiger partial charge >= 0.3 is 0 Å². The number of aliphatic hydroxyl groups is 1. The Bertz CT molecular complexity index is 670. The van der Waals surface area contributed by atoms with Gasteiger partial charge in [-0.05, 0) is 31.6 Å². The first kappa shape index (κ1) is 17.2. The number of allylic oxidation sites excluding steroid dienone is 1. The number of thiocarbonyl (C=S) groups is 1. The van der Waals surface area contributed by atoms with E-state index in [9.17, 15) is 10.1 Å². The van der Waals surface area contributed by atoms with E-state index in [-0.39, 0.29) is 23.2 Å². The number of hydrogen-bond acceptors (Lipinski definition) is 6. The molecule has 0 amide bonds. The zero-order valence-electron chi connectivity index (χ0n) is 12.9. The molecule has 0 saturated heterocycles. The van der Waals surface area contributed by atoms with Gasteiger partial charge in [0.2, 0.25) is 0 Å². The second-order valence-corrected chi connectivity index (χ2v) is 5.60. The summed E-state index contributed by atoms with van der Waals surface area (Å²) in [5, 5.41) is 20.7. The Balaban J connectivity index is 2.55. The fourth-order valence-electron chi connectivity index (χ4n) is 2.79. The fourth-order valence-corrected chi connectivity index (χ4v) is 3.15. The van der Waals surface area contributed by atoms with Gasteiger partial charge in [-0.25, -0.2) is 0 Å². The highest BCUT2D eigenvalue weighted by Crippen LogP contribution is 2.37. The van der Waals surface area contributed by atoms with E-state index in [0.29, 0.717) is 17.0 Å². The molecule has 0 aromatic heterocycles. The van der Waals surface area contributed by atoms with Crippen LogP contribution in [-0.2, 0) is 4.74 Å². The van der Waals surface area contributed by atoms with E-state index >= 15 is 0 Å².